The van der Waals surface area contributed by atoms with E-state index in [2.05, 4.69) is 20.3 Å². The van der Waals surface area contributed by atoms with Crippen molar-refractivity contribution in [3.05, 3.63) is 45.9 Å². The van der Waals surface area contributed by atoms with Gasteiger partial charge in [0, 0.05) is 27.5 Å². The van der Waals surface area contributed by atoms with E-state index < -0.39 is 23.9 Å². The zero-order chi connectivity index (χ0) is 26.2. The van der Waals surface area contributed by atoms with E-state index in [1.807, 2.05) is 6.92 Å². The molecule has 0 fully saturated rings. The van der Waals surface area contributed by atoms with Crippen molar-refractivity contribution in [2.75, 3.05) is 18.9 Å². The summed E-state index contributed by atoms with van der Waals surface area (Å²) in [4.78, 5) is 60.6. The first-order chi connectivity index (χ1) is 17.3. The van der Waals surface area contributed by atoms with Crippen molar-refractivity contribution in [3.63, 3.8) is 0 Å². The van der Waals surface area contributed by atoms with Gasteiger partial charge < -0.3 is 25.5 Å². The van der Waals surface area contributed by atoms with Crippen LogP contribution in [0, 0.1) is 0 Å². The molecule has 2 heterocycles. The summed E-state index contributed by atoms with van der Waals surface area (Å²) in [6, 6.07) is 5.74. The van der Waals surface area contributed by atoms with E-state index in [0.717, 1.165) is 15.5 Å². The van der Waals surface area contributed by atoms with Crippen molar-refractivity contribution in [1.82, 2.24) is 20.3 Å². The van der Waals surface area contributed by atoms with Gasteiger partial charge in [-0.2, -0.15) is 4.98 Å². The number of nitrogen functional groups attached to an aromatic ring is 1. The van der Waals surface area contributed by atoms with Gasteiger partial charge in [0.1, 0.15) is 11.7 Å². The minimum atomic E-state index is -0.985. The lowest BCUT2D eigenvalue weighted by atomic mass is 10.1. The maximum Gasteiger partial charge on any atom is 0.328 e. The average Bonchev–Trinajstić information content (AvgIpc) is 3.19. The van der Waals surface area contributed by atoms with Gasteiger partial charge in [-0.3, -0.25) is 19.4 Å². The van der Waals surface area contributed by atoms with Gasteiger partial charge in [-0.1, -0.05) is 18.7 Å². The summed E-state index contributed by atoms with van der Waals surface area (Å²) >= 11 is 1.37. The molecule has 11 nitrogen and oxygen atoms in total. The molecule has 192 valence electrons. The van der Waals surface area contributed by atoms with Gasteiger partial charge in [-0.15, -0.1) is 0 Å². The molecule has 0 aliphatic carbocycles. The molecule has 0 unspecified atom stereocenters. The van der Waals surface area contributed by atoms with Gasteiger partial charge in [0.05, 0.1) is 18.6 Å². The first-order valence-electron chi connectivity index (χ1n) is 11.6. The van der Waals surface area contributed by atoms with E-state index in [1.165, 1.54) is 11.8 Å². The second-order valence-corrected chi connectivity index (χ2v) is 8.79. The summed E-state index contributed by atoms with van der Waals surface area (Å²) < 4.78 is 9.93. The van der Waals surface area contributed by atoms with E-state index in [1.54, 1.807) is 38.1 Å². The highest BCUT2D eigenvalue weighted by atomic mass is 32.2. The van der Waals surface area contributed by atoms with Crippen molar-refractivity contribution in [1.29, 1.82) is 0 Å². The molecule has 0 radical (unpaired) electrons. The van der Waals surface area contributed by atoms with Gasteiger partial charge >= 0.3 is 11.9 Å². The number of fused-ring (bicyclic) bond motifs is 1. The summed E-state index contributed by atoms with van der Waals surface area (Å²) in [7, 11) is 0. The summed E-state index contributed by atoms with van der Waals surface area (Å²) in [6.45, 7) is 5.69. The number of esters is 2. The number of benzene rings is 1. The van der Waals surface area contributed by atoms with Gasteiger partial charge in [0.25, 0.3) is 11.5 Å². The number of nitrogens with one attached hydrogen (secondary N) is 3. The third kappa shape index (κ3) is 6.45. The number of rotatable bonds is 11. The van der Waals surface area contributed by atoms with E-state index >= 15 is 0 Å². The Labute approximate surface area is 211 Å². The number of aromatic nitrogens is 3. The van der Waals surface area contributed by atoms with Crippen LogP contribution in [0.25, 0.3) is 11.0 Å². The smallest absolute Gasteiger partial charge is 0.328 e. The Hall–Kier alpha value is -3.80. The molecule has 5 N–H and O–H groups in total. The number of carbonyl (C=O) groups excluding carboxylic acids is 3. The molecule has 1 aromatic carbocycles. The third-order valence-electron chi connectivity index (χ3n) is 5.22. The van der Waals surface area contributed by atoms with Crippen LogP contribution in [-0.2, 0) is 25.5 Å². The molecule has 36 heavy (non-hydrogen) atoms. The molecular weight excluding hydrogens is 486 g/mol. The van der Waals surface area contributed by atoms with Gasteiger partial charge in [0.2, 0.25) is 5.95 Å². The van der Waals surface area contributed by atoms with Crippen LogP contribution in [0.4, 0.5) is 5.95 Å². The molecule has 0 bridgehead atoms. The normalized spacial score (nSPS) is 11.8. The van der Waals surface area contributed by atoms with Gasteiger partial charge in [0.15, 0.2) is 0 Å². The van der Waals surface area contributed by atoms with Crippen LogP contribution in [0.5, 0.6) is 0 Å². The van der Waals surface area contributed by atoms with E-state index in [-0.39, 0.29) is 37.6 Å². The van der Waals surface area contributed by atoms with Crippen molar-refractivity contribution < 1.29 is 23.9 Å². The summed E-state index contributed by atoms with van der Waals surface area (Å²) in [6.07, 6.45) is 0.682. The number of hydrogen-bond acceptors (Lipinski definition) is 9. The predicted octanol–water partition coefficient (Wildman–Crippen LogP) is 2.55. The summed E-state index contributed by atoms with van der Waals surface area (Å²) in [5.74, 6) is -1.52. The number of aryl methyl sites for hydroxylation is 1. The van der Waals surface area contributed by atoms with Crippen LogP contribution in [0.15, 0.2) is 38.9 Å². The Balaban J connectivity index is 1.75. The van der Waals surface area contributed by atoms with Gasteiger partial charge in [-0.05, 0) is 51.0 Å². The van der Waals surface area contributed by atoms with E-state index in [4.69, 9.17) is 15.2 Å². The molecule has 1 amide bonds. The number of carbonyl (C=O) groups is 3. The Morgan fingerprint density at radius 3 is 2.42 bits per heavy atom. The Morgan fingerprint density at radius 2 is 1.78 bits per heavy atom. The number of ether oxygens (including phenoxy) is 2. The minimum Gasteiger partial charge on any atom is -0.466 e. The first kappa shape index (κ1) is 26.8. The molecule has 0 spiro atoms. The molecule has 0 aliphatic heterocycles. The summed E-state index contributed by atoms with van der Waals surface area (Å²) in [5.41, 5.74) is 6.91. The van der Waals surface area contributed by atoms with Crippen LogP contribution < -0.4 is 16.6 Å². The van der Waals surface area contributed by atoms with Crippen molar-refractivity contribution >= 4 is 46.6 Å². The van der Waals surface area contributed by atoms with E-state index in [0.29, 0.717) is 23.0 Å². The number of hydrogen-bond donors (Lipinski definition) is 4. The van der Waals surface area contributed by atoms with Crippen LogP contribution in [0.3, 0.4) is 0 Å². The molecule has 2 aromatic heterocycles. The maximum atomic E-state index is 12.8. The molecular formula is C24H29N5O6S. The zero-order valence-corrected chi connectivity index (χ0v) is 21.1. The molecule has 3 rings (SSSR count). The number of nitrogens with two attached hydrogens (primary N) is 1. The fourth-order valence-corrected chi connectivity index (χ4v) is 4.64. The maximum absolute atomic E-state index is 12.8. The summed E-state index contributed by atoms with van der Waals surface area (Å²) in [5, 5.41) is 3.06. The number of anilines is 1. The van der Waals surface area contributed by atoms with Crippen LogP contribution in [0.2, 0.25) is 0 Å². The van der Waals surface area contributed by atoms with Crippen LogP contribution in [0.1, 0.15) is 49.7 Å². The Kier molecular flexibility index (Phi) is 9.12. The molecule has 0 saturated carbocycles. The third-order valence-corrected chi connectivity index (χ3v) is 6.38. The lowest BCUT2D eigenvalue weighted by Gasteiger charge is -2.17. The molecule has 1 atom stereocenters. The lowest BCUT2D eigenvalue weighted by Crippen LogP contribution is -2.42. The minimum absolute atomic E-state index is 0.0306. The second kappa shape index (κ2) is 12.2. The predicted molar refractivity (Wildman–Crippen MR) is 135 cm³/mol. The fourth-order valence-electron chi connectivity index (χ4n) is 3.52. The quantitative estimate of drug-likeness (QED) is 0.280. The molecule has 12 heteroatoms. The molecule has 3 aromatic rings. The highest BCUT2D eigenvalue weighted by molar-refractivity contribution is 7.99. The largest absolute Gasteiger partial charge is 0.466 e. The SMILES string of the molecule is CCOC(=O)CC[C@H](NC(=O)c1ccc(Sc2c(CC)[nH]c3nc(N)[nH]c(=O)c23)cc1)C(=O)OCC. The number of nitrogens with zero attached hydrogens (tertiary/aromatic N) is 1. The highest BCUT2D eigenvalue weighted by Crippen LogP contribution is 2.35. The highest BCUT2D eigenvalue weighted by Gasteiger charge is 2.24. The Morgan fingerprint density at radius 1 is 1.08 bits per heavy atom. The van der Waals surface area contributed by atoms with Crippen molar-refractivity contribution in [2.24, 2.45) is 0 Å². The first-order valence-corrected chi connectivity index (χ1v) is 12.4. The van der Waals surface area contributed by atoms with Crippen molar-refractivity contribution in [3.8, 4) is 0 Å². The average molecular weight is 516 g/mol. The topological polar surface area (TPSA) is 169 Å². The van der Waals surface area contributed by atoms with Crippen molar-refractivity contribution in [2.45, 2.75) is 55.9 Å². The zero-order valence-electron chi connectivity index (χ0n) is 20.3. The second-order valence-electron chi connectivity index (χ2n) is 7.71. The van der Waals surface area contributed by atoms with Gasteiger partial charge in [-0.25, -0.2) is 4.79 Å². The number of H-pyrrole nitrogens is 2. The molecule has 0 aliphatic rings. The standard InChI is InChI=1S/C24H29N5O6S/c1-4-15-19(18-20(26-15)28-24(25)29-22(18)32)36-14-9-7-13(8-10-14)21(31)27-16(23(33)35-6-3)11-12-17(30)34-5-2/h7-10,16H,4-6,11-12H2,1-3H3,(H,27,31)(H4,25,26,28,29,32)/t16-/m0/s1. The Bertz CT molecular complexity index is 1300. The van der Waals surface area contributed by atoms with E-state index in [9.17, 15) is 19.2 Å². The van der Waals surface area contributed by atoms with Crippen LogP contribution >= 0.6 is 11.8 Å². The monoisotopic (exact) mass is 515 g/mol. The lowest BCUT2D eigenvalue weighted by molar-refractivity contribution is -0.146. The molecule has 0 saturated heterocycles. The fraction of sp³-hybridized carbons (Fsp3) is 0.375. The number of aromatic amines is 2. The van der Waals surface area contributed by atoms with Crippen LogP contribution in [-0.4, -0.2) is 52.1 Å². The number of amides is 1.